The quantitative estimate of drug-likeness (QED) is 0.932. The highest BCUT2D eigenvalue weighted by atomic mass is 32.2. The second-order valence-electron chi connectivity index (χ2n) is 6.46. The lowest BCUT2D eigenvalue weighted by Gasteiger charge is -2.19. The molecule has 1 atom stereocenters. The molecule has 3 heterocycles. The molecule has 2 aromatic rings. The lowest BCUT2D eigenvalue weighted by Crippen LogP contribution is -2.23. The van der Waals surface area contributed by atoms with Crippen molar-refractivity contribution in [3.63, 3.8) is 0 Å². The number of benzene rings is 1. The monoisotopic (exact) mass is 328 g/mol. The zero-order chi connectivity index (χ0) is 15.5. The Morgan fingerprint density at radius 3 is 3.09 bits per heavy atom. The fourth-order valence-corrected chi connectivity index (χ4v) is 4.71. The van der Waals surface area contributed by atoms with Gasteiger partial charge in [0.1, 0.15) is 11.6 Å². The SMILES string of the molecule is c1ccc2c(c1)SCCC[C@H]2NCc1nnc2n1CCCCC2. The largest absolute Gasteiger partial charge is 0.314 e. The Bertz CT molecular complexity index is 667. The van der Waals surface area contributed by atoms with Crippen LogP contribution in [0.2, 0.25) is 0 Å². The molecule has 23 heavy (non-hydrogen) atoms. The summed E-state index contributed by atoms with van der Waals surface area (Å²) in [4.78, 5) is 1.43. The molecule has 122 valence electrons. The molecule has 0 aliphatic carbocycles. The van der Waals surface area contributed by atoms with Crippen molar-refractivity contribution < 1.29 is 0 Å². The number of hydrogen-bond acceptors (Lipinski definition) is 4. The third-order valence-corrected chi connectivity index (χ3v) is 6.06. The number of aromatic nitrogens is 3. The summed E-state index contributed by atoms with van der Waals surface area (Å²) in [7, 11) is 0. The van der Waals surface area contributed by atoms with Gasteiger partial charge in [-0.15, -0.1) is 22.0 Å². The fraction of sp³-hybridized carbons (Fsp3) is 0.556. The minimum Gasteiger partial charge on any atom is -0.314 e. The first-order valence-electron chi connectivity index (χ1n) is 8.78. The molecule has 1 N–H and O–H groups in total. The first-order chi connectivity index (χ1) is 11.4. The lowest BCUT2D eigenvalue weighted by atomic mass is 10.0. The third kappa shape index (κ3) is 3.31. The predicted octanol–water partition coefficient (Wildman–Crippen LogP) is 3.72. The van der Waals surface area contributed by atoms with Gasteiger partial charge in [0, 0.05) is 23.9 Å². The second-order valence-corrected chi connectivity index (χ2v) is 7.59. The molecule has 0 fully saturated rings. The van der Waals surface area contributed by atoms with E-state index in [4.69, 9.17) is 0 Å². The molecule has 0 saturated carbocycles. The molecule has 0 bridgehead atoms. The van der Waals surface area contributed by atoms with Crippen LogP contribution in [0, 0.1) is 0 Å². The van der Waals surface area contributed by atoms with Crippen LogP contribution in [0.4, 0.5) is 0 Å². The Morgan fingerprint density at radius 2 is 2.09 bits per heavy atom. The second kappa shape index (κ2) is 7.05. The van der Waals surface area contributed by atoms with Crippen LogP contribution in [0.5, 0.6) is 0 Å². The average Bonchev–Trinajstić information content (AvgIpc) is 2.77. The smallest absolute Gasteiger partial charge is 0.147 e. The van der Waals surface area contributed by atoms with E-state index in [-0.39, 0.29) is 0 Å². The minimum absolute atomic E-state index is 0.430. The van der Waals surface area contributed by atoms with Crippen molar-refractivity contribution in [3.8, 4) is 0 Å². The van der Waals surface area contributed by atoms with Crippen molar-refractivity contribution in [1.82, 2.24) is 20.1 Å². The van der Waals surface area contributed by atoms with Crippen LogP contribution in [-0.4, -0.2) is 20.5 Å². The lowest BCUT2D eigenvalue weighted by molar-refractivity contribution is 0.471. The summed E-state index contributed by atoms with van der Waals surface area (Å²) in [5.74, 6) is 3.50. The number of nitrogens with one attached hydrogen (secondary N) is 1. The topological polar surface area (TPSA) is 42.7 Å². The molecule has 5 heteroatoms. The highest BCUT2D eigenvalue weighted by Crippen LogP contribution is 2.34. The van der Waals surface area contributed by atoms with Crippen LogP contribution in [-0.2, 0) is 19.5 Å². The van der Waals surface area contributed by atoms with Gasteiger partial charge in [-0.1, -0.05) is 24.6 Å². The van der Waals surface area contributed by atoms with E-state index in [9.17, 15) is 0 Å². The molecule has 0 unspecified atom stereocenters. The highest BCUT2D eigenvalue weighted by Gasteiger charge is 2.20. The summed E-state index contributed by atoms with van der Waals surface area (Å²) < 4.78 is 2.34. The summed E-state index contributed by atoms with van der Waals surface area (Å²) in [5, 5.41) is 12.6. The van der Waals surface area contributed by atoms with Crippen molar-refractivity contribution in [2.24, 2.45) is 0 Å². The van der Waals surface area contributed by atoms with Gasteiger partial charge in [0.25, 0.3) is 0 Å². The average molecular weight is 328 g/mol. The zero-order valence-electron chi connectivity index (χ0n) is 13.5. The van der Waals surface area contributed by atoms with E-state index >= 15 is 0 Å². The molecular formula is C18H24N4S. The van der Waals surface area contributed by atoms with E-state index in [1.165, 1.54) is 54.1 Å². The Hall–Kier alpha value is -1.33. The third-order valence-electron chi connectivity index (χ3n) is 4.88. The summed E-state index contributed by atoms with van der Waals surface area (Å²) >= 11 is 1.99. The van der Waals surface area contributed by atoms with Crippen LogP contribution in [0.25, 0.3) is 0 Å². The van der Waals surface area contributed by atoms with Crippen LogP contribution in [0.3, 0.4) is 0 Å². The minimum atomic E-state index is 0.430. The maximum atomic E-state index is 4.45. The van der Waals surface area contributed by atoms with Gasteiger partial charge < -0.3 is 9.88 Å². The van der Waals surface area contributed by atoms with Gasteiger partial charge >= 0.3 is 0 Å². The molecule has 1 aromatic heterocycles. The van der Waals surface area contributed by atoms with E-state index < -0.39 is 0 Å². The Balaban J connectivity index is 1.50. The Kier molecular flexibility index (Phi) is 4.67. The van der Waals surface area contributed by atoms with E-state index in [1.807, 2.05) is 11.8 Å². The van der Waals surface area contributed by atoms with Crippen LogP contribution >= 0.6 is 11.8 Å². The predicted molar refractivity (Wildman–Crippen MR) is 93.6 cm³/mol. The first-order valence-corrected chi connectivity index (χ1v) is 9.76. The van der Waals surface area contributed by atoms with Crippen molar-refractivity contribution in [3.05, 3.63) is 41.5 Å². The van der Waals surface area contributed by atoms with Gasteiger partial charge in [-0.2, -0.15) is 0 Å². The number of aryl methyl sites for hydroxylation is 1. The van der Waals surface area contributed by atoms with Gasteiger partial charge in [-0.25, -0.2) is 0 Å². The van der Waals surface area contributed by atoms with Crippen molar-refractivity contribution in [2.75, 3.05) is 5.75 Å². The van der Waals surface area contributed by atoms with E-state index in [2.05, 4.69) is 44.3 Å². The van der Waals surface area contributed by atoms with Gasteiger partial charge in [0.05, 0.1) is 6.54 Å². The molecule has 4 nitrogen and oxygen atoms in total. The van der Waals surface area contributed by atoms with Gasteiger partial charge in [-0.3, -0.25) is 0 Å². The summed E-state index contributed by atoms with van der Waals surface area (Å²) in [6, 6.07) is 9.26. The number of rotatable bonds is 3. The number of thioether (sulfide) groups is 1. The van der Waals surface area contributed by atoms with Gasteiger partial charge in [0.15, 0.2) is 0 Å². The molecule has 2 aliphatic rings. The first kappa shape index (κ1) is 15.2. The maximum absolute atomic E-state index is 4.45. The Morgan fingerprint density at radius 1 is 1.13 bits per heavy atom. The van der Waals surface area contributed by atoms with Crippen molar-refractivity contribution in [2.45, 2.75) is 62.6 Å². The molecule has 0 spiro atoms. The molecule has 0 saturated heterocycles. The normalized spacial score (nSPS) is 21.1. The standard InChI is InChI=1S/C18H24N4S/c1-2-10-17-20-21-18(22(17)11-5-1)13-19-15-8-6-12-23-16-9-4-3-7-14(15)16/h3-4,7,9,15,19H,1-2,5-6,8,10-13H2/t15-/m1/s1. The molecule has 0 amide bonds. The van der Waals surface area contributed by atoms with E-state index in [0.29, 0.717) is 6.04 Å². The number of fused-ring (bicyclic) bond motifs is 2. The van der Waals surface area contributed by atoms with Crippen molar-refractivity contribution in [1.29, 1.82) is 0 Å². The van der Waals surface area contributed by atoms with Crippen molar-refractivity contribution >= 4 is 11.8 Å². The molecule has 1 aromatic carbocycles. The van der Waals surface area contributed by atoms with Gasteiger partial charge in [-0.05, 0) is 43.1 Å². The molecule has 4 rings (SSSR count). The highest BCUT2D eigenvalue weighted by molar-refractivity contribution is 7.99. The number of hydrogen-bond donors (Lipinski definition) is 1. The van der Waals surface area contributed by atoms with Crippen LogP contribution in [0.15, 0.2) is 29.2 Å². The fourth-order valence-electron chi connectivity index (χ4n) is 3.63. The van der Waals surface area contributed by atoms with Crippen LogP contribution in [0.1, 0.15) is 55.4 Å². The Labute approximate surface area is 142 Å². The summed E-state index contributed by atoms with van der Waals surface area (Å²) in [5.41, 5.74) is 1.45. The number of nitrogens with zero attached hydrogens (tertiary/aromatic N) is 3. The summed E-state index contributed by atoms with van der Waals surface area (Å²) in [6.07, 6.45) is 7.35. The van der Waals surface area contributed by atoms with E-state index in [1.54, 1.807) is 0 Å². The maximum Gasteiger partial charge on any atom is 0.147 e. The zero-order valence-corrected chi connectivity index (χ0v) is 14.3. The van der Waals surface area contributed by atoms with Crippen LogP contribution < -0.4 is 5.32 Å². The van der Waals surface area contributed by atoms with E-state index in [0.717, 1.165) is 25.3 Å². The molecule has 2 aliphatic heterocycles. The summed E-state index contributed by atoms with van der Waals surface area (Å²) in [6.45, 7) is 1.90. The molecule has 0 radical (unpaired) electrons. The molecular weight excluding hydrogens is 304 g/mol. The van der Waals surface area contributed by atoms with Gasteiger partial charge in [0.2, 0.25) is 0 Å².